The molecule has 0 aromatic carbocycles. The highest BCUT2D eigenvalue weighted by Gasteiger charge is 2.71. The van der Waals surface area contributed by atoms with Gasteiger partial charge in [-0.1, -0.05) is 46.8 Å². The van der Waals surface area contributed by atoms with Gasteiger partial charge in [-0.05, 0) is 117 Å². The van der Waals surface area contributed by atoms with Crippen molar-refractivity contribution in [1.29, 1.82) is 0 Å². The number of carbonyl (C=O) groups excluding carboxylic acids is 2. The normalized spacial score (nSPS) is 45.4. The van der Waals surface area contributed by atoms with E-state index < -0.39 is 5.97 Å². The fourth-order valence-electron chi connectivity index (χ4n) is 12.4. The van der Waals surface area contributed by atoms with Crippen LogP contribution in [0, 0.1) is 56.7 Å². The number of fused-ring (bicyclic) bond motifs is 7. The summed E-state index contributed by atoms with van der Waals surface area (Å²) in [5, 5.41) is 9.02. The average Bonchev–Trinajstić information content (AvgIpc) is 3.29. The minimum atomic E-state index is -0.961. The van der Waals surface area contributed by atoms with Crippen molar-refractivity contribution in [3.05, 3.63) is 12.2 Å². The Morgan fingerprint density at radius 3 is 2.17 bits per heavy atom. The summed E-state index contributed by atoms with van der Waals surface area (Å²) in [5.74, 6) is 1.19. The van der Waals surface area contributed by atoms with E-state index in [0.29, 0.717) is 36.2 Å². The van der Waals surface area contributed by atoms with E-state index in [1.54, 1.807) is 6.92 Å². The Bertz CT molecular complexity index is 1130. The van der Waals surface area contributed by atoms with Crippen molar-refractivity contribution in [3.63, 3.8) is 0 Å². The van der Waals surface area contributed by atoms with Crippen LogP contribution in [0.5, 0.6) is 0 Å². The van der Waals surface area contributed by atoms with Crippen LogP contribution in [0.25, 0.3) is 0 Å². The summed E-state index contributed by atoms with van der Waals surface area (Å²) < 4.78 is 11.8. The van der Waals surface area contributed by atoms with Crippen LogP contribution in [-0.4, -0.2) is 35.7 Å². The van der Waals surface area contributed by atoms with Crippen LogP contribution < -0.4 is 0 Å². The summed E-state index contributed by atoms with van der Waals surface area (Å²) in [5.41, 5.74) is 1.83. The average molecular weight is 585 g/mol. The molecule has 6 heteroatoms. The van der Waals surface area contributed by atoms with Crippen LogP contribution >= 0.6 is 0 Å². The molecule has 6 nitrogen and oxygen atoms in total. The summed E-state index contributed by atoms with van der Waals surface area (Å²) in [6.45, 7) is 21.2. The number of aliphatic carboxylic acids is 1. The SMILES string of the molecule is C=C(C)C1CCC2(COC(C)=O)CCC3(C)C(CCC4C5(C)CCC(OC(=O)CCC(=O)O)C(C)(C)C5CCC43C)C12. The second-order valence-corrected chi connectivity index (χ2v) is 16.6. The van der Waals surface area contributed by atoms with Gasteiger partial charge in [0, 0.05) is 17.8 Å². The van der Waals surface area contributed by atoms with E-state index in [0.717, 1.165) is 38.5 Å². The first-order valence-corrected chi connectivity index (χ1v) is 16.7. The highest BCUT2D eigenvalue weighted by Crippen LogP contribution is 2.77. The van der Waals surface area contributed by atoms with Crippen LogP contribution in [0.15, 0.2) is 12.2 Å². The molecule has 10 atom stereocenters. The van der Waals surface area contributed by atoms with E-state index in [4.69, 9.17) is 14.6 Å². The standard InChI is InChI=1S/C36H56O6/c1-22(2)24-13-18-36(21-41-23(3)37)20-19-34(7)25(31(24)36)9-10-27-33(6)16-15-28(42-30(40)12-11-29(38)39)32(4,5)26(33)14-17-35(27,34)8/h24-28,31H,1,9-21H2,2-8H3,(H,38,39). The van der Waals surface area contributed by atoms with Gasteiger partial charge in [-0.25, -0.2) is 0 Å². The van der Waals surface area contributed by atoms with Gasteiger partial charge in [0.05, 0.1) is 19.4 Å². The minimum Gasteiger partial charge on any atom is -0.481 e. The molecule has 5 saturated carbocycles. The van der Waals surface area contributed by atoms with Gasteiger partial charge in [0.25, 0.3) is 0 Å². The summed E-state index contributed by atoms with van der Waals surface area (Å²) in [4.78, 5) is 35.5. The van der Waals surface area contributed by atoms with E-state index in [1.807, 2.05) is 0 Å². The van der Waals surface area contributed by atoms with Gasteiger partial charge in [-0.2, -0.15) is 0 Å². The first-order valence-electron chi connectivity index (χ1n) is 16.7. The van der Waals surface area contributed by atoms with E-state index in [1.165, 1.54) is 31.3 Å². The molecular formula is C36H56O6. The van der Waals surface area contributed by atoms with Crippen LogP contribution in [0.2, 0.25) is 0 Å². The van der Waals surface area contributed by atoms with E-state index >= 15 is 0 Å². The molecule has 5 aliphatic rings. The molecule has 0 heterocycles. The minimum absolute atomic E-state index is 0.0599. The first kappa shape index (κ1) is 31.6. The molecule has 10 unspecified atom stereocenters. The summed E-state index contributed by atoms with van der Waals surface area (Å²) in [6, 6.07) is 0. The molecule has 0 amide bonds. The molecule has 5 rings (SSSR count). The van der Waals surface area contributed by atoms with Crippen molar-refractivity contribution >= 4 is 17.9 Å². The third kappa shape index (κ3) is 4.67. The lowest BCUT2D eigenvalue weighted by Gasteiger charge is -2.73. The molecule has 0 aliphatic heterocycles. The van der Waals surface area contributed by atoms with Gasteiger partial charge in [0.1, 0.15) is 6.10 Å². The van der Waals surface area contributed by atoms with Crippen molar-refractivity contribution in [3.8, 4) is 0 Å². The van der Waals surface area contributed by atoms with E-state index in [9.17, 15) is 14.4 Å². The maximum absolute atomic E-state index is 12.6. The molecular weight excluding hydrogens is 528 g/mol. The molecule has 1 N–H and O–H groups in total. The number of carboxylic acid groups (broad SMARTS) is 1. The van der Waals surface area contributed by atoms with Crippen molar-refractivity contribution in [1.82, 2.24) is 0 Å². The zero-order chi connectivity index (χ0) is 30.9. The number of carbonyl (C=O) groups is 3. The Morgan fingerprint density at radius 2 is 1.52 bits per heavy atom. The number of carboxylic acids is 1. The van der Waals surface area contributed by atoms with Gasteiger partial charge in [0.2, 0.25) is 0 Å². The second-order valence-electron chi connectivity index (χ2n) is 16.6. The molecule has 0 spiro atoms. The zero-order valence-corrected chi connectivity index (χ0v) is 27.4. The zero-order valence-electron chi connectivity index (χ0n) is 27.4. The monoisotopic (exact) mass is 584 g/mol. The highest BCUT2D eigenvalue weighted by molar-refractivity contribution is 5.76. The summed E-state index contributed by atoms with van der Waals surface area (Å²) in [7, 11) is 0. The molecule has 42 heavy (non-hydrogen) atoms. The van der Waals surface area contributed by atoms with Crippen LogP contribution in [0.4, 0.5) is 0 Å². The molecule has 0 saturated heterocycles. The van der Waals surface area contributed by atoms with Crippen LogP contribution in [0.1, 0.15) is 126 Å². The molecule has 0 aromatic rings. The smallest absolute Gasteiger partial charge is 0.306 e. The van der Waals surface area contributed by atoms with Gasteiger partial charge in [0.15, 0.2) is 0 Å². The van der Waals surface area contributed by atoms with Gasteiger partial charge in [-0.15, -0.1) is 0 Å². The maximum atomic E-state index is 12.6. The number of hydrogen-bond donors (Lipinski definition) is 1. The number of allylic oxidation sites excluding steroid dienone is 1. The van der Waals surface area contributed by atoms with E-state index in [-0.39, 0.29) is 58.0 Å². The molecule has 0 aromatic heterocycles. The molecule has 0 radical (unpaired) electrons. The molecule has 0 bridgehead atoms. The number of hydrogen-bond acceptors (Lipinski definition) is 5. The largest absolute Gasteiger partial charge is 0.481 e. The topological polar surface area (TPSA) is 89.9 Å². The summed E-state index contributed by atoms with van der Waals surface area (Å²) >= 11 is 0. The van der Waals surface area contributed by atoms with Crippen LogP contribution in [0.3, 0.4) is 0 Å². The lowest BCUT2D eigenvalue weighted by molar-refractivity contribution is -0.252. The van der Waals surface area contributed by atoms with Crippen molar-refractivity contribution in [2.75, 3.05) is 6.61 Å². The number of esters is 2. The predicted octanol–water partition coefficient (Wildman–Crippen LogP) is 7.98. The van der Waals surface area contributed by atoms with Gasteiger partial charge in [-0.3, -0.25) is 14.4 Å². The van der Waals surface area contributed by atoms with Crippen LogP contribution in [-0.2, 0) is 23.9 Å². The maximum Gasteiger partial charge on any atom is 0.306 e. The third-order valence-corrected chi connectivity index (χ3v) is 14.6. The Kier molecular flexibility index (Phi) is 8.00. The number of ether oxygens (including phenoxy) is 2. The lowest BCUT2D eigenvalue weighted by Crippen LogP contribution is -2.67. The van der Waals surface area contributed by atoms with Gasteiger partial charge >= 0.3 is 17.9 Å². The fraction of sp³-hybridized carbons (Fsp3) is 0.861. The predicted molar refractivity (Wildman–Crippen MR) is 162 cm³/mol. The first-order chi connectivity index (χ1) is 19.5. The second kappa shape index (κ2) is 10.6. The number of rotatable bonds is 7. The molecule has 5 aliphatic carbocycles. The van der Waals surface area contributed by atoms with Crippen molar-refractivity contribution in [2.24, 2.45) is 56.7 Å². The molecule has 236 valence electrons. The quantitative estimate of drug-likeness (QED) is 0.241. The van der Waals surface area contributed by atoms with Crippen molar-refractivity contribution in [2.45, 2.75) is 132 Å². The fourth-order valence-corrected chi connectivity index (χ4v) is 12.4. The third-order valence-electron chi connectivity index (χ3n) is 14.6. The van der Waals surface area contributed by atoms with E-state index in [2.05, 4.69) is 48.1 Å². The van der Waals surface area contributed by atoms with Gasteiger partial charge < -0.3 is 14.6 Å². The summed E-state index contributed by atoms with van der Waals surface area (Å²) in [6.07, 6.45) is 10.9. The Morgan fingerprint density at radius 1 is 0.810 bits per heavy atom. The highest BCUT2D eigenvalue weighted by atomic mass is 16.5. The van der Waals surface area contributed by atoms with Crippen molar-refractivity contribution < 1.29 is 29.0 Å². The lowest BCUT2D eigenvalue weighted by atomic mass is 9.32. The Hall–Kier alpha value is -1.85. The Balaban J connectivity index is 1.42. The molecule has 5 fully saturated rings. The Labute approximate surface area is 253 Å².